The molecule has 0 fully saturated rings. The first-order valence-corrected chi connectivity index (χ1v) is 6.42. The molecule has 0 heterocycles. The molecule has 1 unspecified atom stereocenters. The molecule has 0 spiro atoms. The fourth-order valence-corrected chi connectivity index (χ4v) is 2.05. The zero-order valence-electron chi connectivity index (χ0n) is 10.6. The Morgan fingerprint density at radius 1 is 0.929 bits per heavy atom. The van der Waals surface area contributed by atoms with Crippen molar-refractivity contribution in [1.82, 2.24) is 0 Å². The Labute approximate surface area is 90.8 Å². The summed E-state index contributed by atoms with van der Waals surface area (Å²) in [5, 5.41) is 0. The molecule has 0 saturated carbocycles. The number of hydrogen-bond donors (Lipinski definition) is 0. The molecule has 0 nitrogen and oxygen atoms in total. The van der Waals surface area contributed by atoms with E-state index < -0.39 is 0 Å². The molecule has 84 valence electrons. The van der Waals surface area contributed by atoms with Crippen molar-refractivity contribution in [2.45, 2.75) is 66.2 Å². The molecule has 0 N–H and O–H groups in total. The minimum absolute atomic E-state index is 0.779. The molecule has 0 saturated heterocycles. The Balaban J connectivity index is 3.92. The molecule has 0 amide bonds. The van der Waals surface area contributed by atoms with Crippen molar-refractivity contribution in [1.29, 1.82) is 0 Å². The molecule has 0 aromatic rings. The van der Waals surface area contributed by atoms with E-state index in [0.29, 0.717) is 0 Å². The highest BCUT2D eigenvalue weighted by Gasteiger charge is 2.12. The SMILES string of the molecule is CCC/C=C/C(C)C(CCC)CCC. The van der Waals surface area contributed by atoms with E-state index in [-0.39, 0.29) is 0 Å². The molecule has 0 aliphatic carbocycles. The molecule has 14 heavy (non-hydrogen) atoms. The van der Waals surface area contributed by atoms with E-state index in [4.69, 9.17) is 0 Å². The quantitative estimate of drug-likeness (QED) is 0.468. The second kappa shape index (κ2) is 9.30. The molecular weight excluding hydrogens is 168 g/mol. The number of allylic oxidation sites excluding steroid dienone is 2. The van der Waals surface area contributed by atoms with Crippen LogP contribution in [0.5, 0.6) is 0 Å². The van der Waals surface area contributed by atoms with Crippen LogP contribution in [0.2, 0.25) is 0 Å². The lowest BCUT2D eigenvalue weighted by atomic mass is 9.86. The second-order valence-corrected chi connectivity index (χ2v) is 4.41. The molecule has 0 aromatic carbocycles. The highest BCUT2D eigenvalue weighted by molar-refractivity contribution is 4.89. The number of unbranched alkanes of at least 4 members (excludes halogenated alkanes) is 1. The largest absolute Gasteiger partial charge is 0.0883 e. The molecule has 0 aliphatic rings. The molecule has 1 atom stereocenters. The Hall–Kier alpha value is -0.260. The first-order valence-electron chi connectivity index (χ1n) is 6.42. The van der Waals surface area contributed by atoms with Crippen molar-refractivity contribution in [3.63, 3.8) is 0 Å². The molecule has 0 aliphatic heterocycles. The van der Waals surface area contributed by atoms with Crippen LogP contribution in [0.3, 0.4) is 0 Å². The van der Waals surface area contributed by atoms with E-state index in [9.17, 15) is 0 Å². The smallest absolute Gasteiger partial charge is 0.0234 e. The van der Waals surface area contributed by atoms with Crippen LogP contribution in [0, 0.1) is 11.8 Å². The molecule has 0 radical (unpaired) electrons. The van der Waals surface area contributed by atoms with Gasteiger partial charge in [0.1, 0.15) is 0 Å². The first-order chi connectivity index (χ1) is 6.76. The Morgan fingerprint density at radius 2 is 1.50 bits per heavy atom. The minimum atomic E-state index is 0.779. The van der Waals surface area contributed by atoms with Crippen LogP contribution in [0.15, 0.2) is 12.2 Å². The summed E-state index contributed by atoms with van der Waals surface area (Å²) in [5.74, 6) is 1.69. The maximum Gasteiger partial charge on any atom is -0.0234 e. The lowest BCUT2D eigenvalue weighted by Gasteiger charge is -2.20. The molecule has 0 heteroatoms. The van der Waals surface area contributed by atoms with Gasteiger partial charge in [0.2, 0.25) is 0 Å². The third-order valence-electron chi connectivity index (χ3n) is 2.96. The topological polar surface area (TPSA) is 0 Å². The van der Waals surface area contributed by atoms with E-state index in [2.05, 4.69) is 39.8 Å². The third-order valence-corrected chi connectivity index (χ3v) is 2.96. The van der Waals surface area contributed by atoms with Gasteiger partial charge in [-0.3, -0.25) is 0 Å². The predicted octanol–water partition coefficient (Wildman–Crippen LogP) is 5.20. The zero-order chi connectivity index (χ0) is 10.8. The Bertz CT molecular complexity index is 129. The van der Waals surface area contributed by atoms with Crippen molar-refractivity contribution < 1.29 is 0 Å². The highest BCUT2D eigenvalue weighted by atomic mass is 14.2. The zero-order valence-corrected chi connectivity index (χ0v) is 10.6. The van der Waals surface area contributed by atoms with Crippen LogP contribution < -0.4 is 0 Å². The number of hydrogen-bond acceptors (Lipinski definition) is 0. The van der Waals surface area contributed by atoms with Crippen molar-refractivity contribution in [2.75, 3.05) is 0 Å². The summed E-state index contributed by atoms with van der Waals surface area (Å²) in [4.78, 5) is 0. The van der Waals surface area contributed by atoms with Gasteiger partial charge in [-0.1, -0.05) is 72.0 Å². The summed E-state index contributed by atoms with van der Waals surface area (Å²) < 4.78 is 0. The lowest BCUT2D eigenvalue weighted by Crippen LogP contribution is -2.09. The lowest BCUT2D eigenvalue weighted by molar-refractivity contribution is 0.358. The van der Waals surface area contributed by atoms with Crippen molar-refractivity contribution in [2.24, 2.45) is 11.8 Å². The maximum atomic E-state index is 2.43. The van der Waals surface area contributed by atoms with Crippen LogP contribution in [-0.4, -0.2) is 0 Å². The maximum absolute atomic E-state index is 2.43. The van der Waals surface area contributed by atoms with Gasteiger partial charge in [0, 0.05) is 0 Å². The summed E-state index contributed by atoms with van der Waals surface area (Å²) in [6.45, 7) is 9.21. The van der Waals surface area contributed by atoms with Gasteiger partial charge < -0.3 is 0 Å². The molecular formula is C14H28. The highest BCUT2D eigenvalue weighted by Crippen LogP contribution is 2.23. The first kappa shape index (κ1) is 13.7. The van der Waals surface area contributed by atoms with Crippen LogP contribution in [0.1, 0.15) is 66.2 Å². The van der Waals surface area contributed by atoms with Crippen molar-refractivity contribution in [3.05, 3.63) is 12.2 Å². The predicted molar refractivity (Wildman–Crippen MR) is 66.5 cm³/mol. The van der Waals surface area contributed by atoms with Gasteiger partial charge in [0.15, 0.2) is 0 Å². The van der Waals surface area contributed by atoms with Crippen LogP contribution >= 0.6 is 0 Å². The van der Waals surface area contributed by atoms with Gasteiger partial charge in [0.25, 0.3) is 0 Å². The summed E-state index contributed by atoms with van der Waals surface area (Å²) >= 11 is 0. The molecule has 0 aromatic heterocycles. The van der Waals surface area contributed by atoms with Crippen molar-refractivity contribution >= 4 is 0 Å². The summed E-state index contributed by atoms with van der Waals surface area (Å²) in [6.07, 6.45) is 12.8. The van der Waals surface area contributed by atoms with Gasteiger partial charge in [0.05, 0.1) is 0 Å². The van der Waals surface area contributed by atoms with E-state index >= 15 is 0 Å². The fourth-order valence-electron chi connectivity index (χ4n) is 2.05. The van der Waals surface area contributed by atoms with Crippen LogP contribution in [0.25, 0.3) is 0 Å². The van der Waals surface area contributed by atoms with E-state index in [0.717, 1.165) is 11.8 Å². The summed E-state index contributed by atoms with van der Waals surface area (Å²) in [6, 6.07) is 0. The molecule has 0 bridgehead atoms. The van der Waals surface area contributed by atoms with Gasteiger partial charge in [-0.25, -0.2) is 0 Å². The second-order valence-electron chi connectivity index (χ2n) is 4.41. The standard InChI is InChI=1S/C14H28/c1-5-8-9-12-13(4)14(10-6-2)11-7-3/h9,12-14H,5-8,10-11H2,1-4H3/b12-9+. The van der Waals surface area contributed by atoms with E-state index in [1.807, 2.05) is 0 Å². The van der Waals surface area contributed by atoms with E-state index in [1.54, 1.807) is 0 Å². The van der Waals surface area contributed by atoms with E-state index in [1.165, 1.54) is 38.5 Å². The van der Waals surface area contributed by atoms with Crippen LogP contribution in [0.4, 0.5) is 0 Å². The van der Waals surface area contributed by atoms with Crippen LogP contribution in [-0.2, 0) is 0 Å². The minimum Gasteiger partial charge on any atom is -0.0883 e. The fraction of sp³-hybridized carbons (Fsp3) is 0.857. The normalized spacial score (nSPS) is 14.1. The van der Waals surface area contributed by atoms with Gasteiger partial charge >= 0.3 is 0 Å². The monoisotopic (exact) mass is 196 g/mol. The van der Waals surface area contributed by atoms with Gasteiger partial charge in [-0.15, -0.1) is 0 Å². The number of rotatable bonds is 8. The Kier molecular flexibility index (Phi) is 9.13. The van der Waals surface area contributed by atoms with Crippen molar-refractivity contribution in [3.8, 4) is 0 Å². The average molecular weight is 196 g/mol. The summed E-state index contributed by atoms with van der Waals surface area (Å²) in [5.41, 5.74) is 0. The Morgan fingerprint density at radius 3 is 1.93 bits per heavy atom. The summed E-state index contributed by atoms with van der Waals surface area (Å²) in [7, 11) is 0. The molecule has 0 rings (SSSR count). The average Bonchev–Trinajstić information content (AvgIpc) is 2.18. The third kappa shape index (κ3) is 6.23. The van der Waals surface area contributed by atoms with Gasteiger partial charge in [-0.05, 0) is 18.3 Å². The van der Waals surface area contributed by atoms with Gasteiger partial charge in [-0.2, -0.15) is 0 Å².